The van der Waals surface area contributed by atoms with Crippen molar-refractivity contribution in [2.24, 2.45) is 0 Å². The summed E-state index contributed by atoms with van der Waals surface area (Å²) in [5.74, 6) is 0.497. The number of hydrogen-bond donors (Lipinski definition) is 1. The van der Waals surface area contributed by atoms with E-state index in [1.165, 1.54) is 6.07 Å². The van der Waals surface area contributed by atoms with Crippen LogP contribution >= 0.6 is 11.6 Å². The van der Waals surface area contributed by atoms with Crippen LogP contribution in [0.5, 0.6) is 0 Å². The molecule has 2 rings (SSSR count). The number of nitrogen functional groups attached to an aromatic ring is 1. The van der Waals surface area contributed by atoms with E-state index in [1.54, 1.807) is 12.1 Å². The molecule has 0 radical (unpaired) electrons. The number of aryl methyl sites for hydroxylation is 1. The highest BCUT2D eigenvalue weighted by Gasteiger charge is 2.10. The molecule has 0 bridgehead atoms. The zero-order valence-corrected chi connectivity index (χ0v) is 10.9. The minimum atomic E-state index is -0.431. The summed E-state index contributed by atoms with van der Waals surface area (Å²) in [5, 5.41) is 0.101. The molecule has 0 saturated heterocycles. The van der Waals surface area contributed by atoms with Crippen LogP contribution in [-0.4, -0.2) is 9.97 Å². The molecular formula is C13H13ClFN3. The molecule has 2 aromatic rings. The van der Waals surface area contributed by atoms with Gasteiger partial charge in [-0.3, -0.25) is 0 Å². The monoisotopic (exact) mass is 265 g/mol. The highest BCUT2D eigenvalue weighted by Crippen LogP contribution is 2.20. The summed E-state index contributed by atoms with van der Waals surface area (Å²) in [6.07, 6.45) is 0.276. The normalized spacial score (nSPS) is 10.7. The molecule has 1 heterocycles. The van der Waals surface area contributed by atoms with Gasteiger partial charge in [-0.2, -0.15) is 0 Å². The number of halogens is 2. The minimum absolute atomic E-state index is 0.101. The van der Waals surface area contributed by atoms with E-state index >= 15 is 0 Å². The summed E-state index contributed by atoms with van der Waals surface area (Å²) in [4.78, 5) is 8.46. The van der Waals surface area contributed by atoms with E-state index in [-0.39, 0.29) is 11.4 Å². The Balaban J connectivity index is 2.37. The first kappa shape index (κ1) is 12.8. The van der Waals surface area contributed by atoms with Gasteiger partial charge in [-0.1, -0.05) is 23.7 Å². The Morgan fingerprint density at radius 1 is 1.28 bits per heavy atom. The molecule has 0 atom stereocenters. The molecule has 0 saturated carbocycles. The second-order valence-electron chi connectivity index (χ2n) is 4.13. The number of nitrogens with two attached hydrogens (primary N) is 1. The van der Waals surface area contributed by atoms with Crippen molar-refractivity contribution in [3.8, 4) is 0 Å². The summed E-state index contributed by atoms with van der Waals surface area (Å²) < 4.78 is 13.7. The molecule has 0 amide bonds. The Hall–Kier alpha value is -1.68. The summed E-state index contributed by atoms with van der Waals surface area (Å²) >= 11 is 5.73. The van der Waals surface area contributed by atoms with Crippen molar-refractivity contribution < 1.29 is 4.39 Å². The van der Waals surface area contributed by atoms with Crippen molar-refractivity contribution in [3.63, 3.8) is 0 Å². The first-order valence-corrected chi connectivity index (χ1v) is 5.89. The molecule has 1 aromatic heterocycles. The van der Waals surface area contributed by atoms with Crippen molar-refractivity contribution in [3.05, 3.63) is 51.7 Å². The average molecular weight is 266 g/mol. The van der Waals surface area contributed by atoms with E-state index in [2.05, 4.69) is 9.97 Å². The van der Waals surface area contributed by atoms with Gasteiger partial charge in [-0.25, -0.2) is 14.4 Å². The van der Waals surface area contributed by atoms with Crippen LogP contribution < -0.4 is 5.73 Å². The topological polar surface area (TPSA) is 51.8 Å². The second kappa shape index (κ2) is 4.90. The van der Waals surface area contributed by atoms with E-state index in [0.717, 1.165) is 11.3 Å². The predicted octanol–water partition coefficient (Wildman–Crippen LogP) is 3.06. The van der Waals surface area contributed by atoms with Crippen LogP contribution in [0.4, 0.5) is 10.2 Å². The SMILES string of the molecule is Cc1nc(Cc2cccc(Cl)c2F)nc(N)c1C. The molecule has 0 aliphatic heterocycles. The second-order valence-corrected chi connectivity index (χ2v) is 4.53. The third-order valence-electron chi connectivity index (χ3n) is 2.85. The fourth-order valence-corrected chi connectivity index (χ4v) is 1.84. The van der Waals surface area contributed by atoms with Crippen LogP contribution in [0.25, 0.3) is 0 Å². The fraction of sp³-hybridized carbons (Fsp3) is 0.231. The zero-order chi connectivity index (χ0) is 13.3. The van der Waals surface area contributed by atoms with Gasteiger partial charge in [0.05, 0.1) is 5.02 Å². The Morgan fingerprint density at radius 2 is 2.00 bits per heavy atom. The van der Waals surface area contributed by atoms with Gasteiger partial charge in [-0.05, 0) is 25.5 Å². The standard InChI is InChI=1S/C13H13ClFN3/c1-7-8(2)17-11(18-13(7)16)6-9-4-3-5-10(14)12(9)15/h3-5H,6H2,1-2H3,(H2,16,17,18). The molecule has 0 fully saturated rings. The molecule has 2 N–H and O–H groups in total. The minimum Gasteiger partial charge on any atom is -0.383 e. The zero-order valence-electron chi connectivity index (χ0n) is 10.2. The van der Waals surface area contributed by atoms with Crippen LogP contribution in [0, 0.1) is 19.7 Å². The molecule has 5 heteroatoms. The third-order valence-corrected chi connectivity index (χ3v) is 3.15. The number of nitrogens with zero attached hydrogens (tertiary/aromatic N) is 2. The molecular weight excluding hydrogens is 253 g/mol. The lowest BCUT2D eigenvalue weighted by Crippen LogP contribution is -2.06. The molecule has 0 aliphatic carbocycles. The van der Waals surface area contributed by atoms with Crippen LogP contribution in [0.2, 0.25) is 5.02 Å². The van der Waals surface area contributed by atoms with Crippen molar-refractivity contribution >= 4 is 17.4 Å². The van der Waals surface area contributed by atoms with E-state index in [0.29, 0.717) is 17.2 Å². The summed E-state index contributed by atoms with van der Waals surface area (Å²) in [7, 11) is 0. The van der Waals surface area contributed by atoms with E-state index in [1.807, 2.05) is 13.8 Å². The highest BCUT2D eigenvalue weighted by molar-refractivity contribution is 6.30. The average Bonchev–Trinajstić information content (AvgIpc) is 2.32. The largest absolute Gasteiger partial charge is 0.383 e. The van der Waals surface area contributed by atoms with Gasteiger partial charge in [0.1, 0.15) is 17.5 Å². The fourth-order valence-electron chi connectivity index (χ4n) is 1.65. The predicted molar refractivity (Wildman–Crippen MR) is 70.1 cm³/mol. The Labute approximate surface area is 110 Å². The molecule has 0 spiro atoms. The Morgan fingerprint density at radius 3 is 2.67 bits per heavy atom. The number of hydrogen-bond acceptors (Lipinski definition) is 3. The van der Waals surface area contributed by atoms with Gasteiger partial charge in [0.15, 0.2) is 0 Å². The van der Waals surface area contributed by atoms with E-state index < -0.39 is 5.82 Å². The van der Waals surface area contributed by atoms with Gasteiger partial charge in [-0.15, -0.1) is 0 Å². The van der Waals surface area contributed by atoms with Crippen LogP contribution in [0.15, 0.2) is 18.2 Å². The first-order valence-electron chi connectivity index (χ1n) is 5.51. The Kier molecular flexibility index (Phi) is 3.48. The smallest absolute Gasteiger partial charge is 0.145 e. The van der Waals surface area contributed by atoms with Crippen molar-refractivity contribution in [2.45, 2.75) is 20.3 Å². The maximum Gasteiger partial charge on any atom is 0.145 e. The lowest BCUT2D eigenvalue weighted by atomic mass is 10.1. The van der Waals surface area contributed by atoms with Crippen LogP contribution in [0.3, 0.4) is 0 Å². The van der Waals surface area contributed by atoms with E-state index in [4.69, 9.17) is 17.3 Å². The third kappa shape index (κ3) is 2.43. The summed E-state index contributed by atoms with van der Waals surface area (Å²) in [6.45, 7) is 3.71. The van der Waals surface area contributed by atoms with Gasteiger partial charge in [0.2, 0.25) is 0 Å². The maximum absolute atomic E-state index is 13.7. The highest BCUT2D eigenvalue weighted by atomic mass is 35.5. The Bertz CT molecular complexity index is 576. The van der Waals surface area contributed by atoms with Gasteiger partial charge in [0.25, 0.3) is 0 Å². The lowest BCUT2D eigenvalue weighted by Gasteiger charge is -2.08. The lowest BCUT2D eigenvalue weighted by molar-refractivity contribution is 0.612. The van der Waals surface area contributed by atoms with Crippen molar-refractivity contribution in [1.82, 2.24) is 9.97 Å². The first-order chi connectivity index (χ1) is 8.49. The quantitative estimate of drug-likeness (QED) is 0.908. The van der Waals surface area contributed by atoms with Gasteiger partial charge in [0, 0.05) is 17.7 Å². The molecule has 0 aliphatic rings. The molecule has 94 valence electrons. The number of benzene rings is 1. The van der Waals surface area contributed by atoms with Gasteiger partial charge < -0.3 is 5.73 Å². The van der Waals surface area contributed by atoms with Crippen molar-refractivity contribution in [1.29, 1.82) is 0 Å². The molecule has 1 aromatic carbocycles. The van der Waals surface area contributed by atoms with Gasteiger partial charge >= 0.3 is 0 Å². The number of aromatic nitrogens is 2. The van der Waals surface area contributed by atoms with Crippen molar-refractivity contribution in [2.75, 3.05) is 5.73 Å². The summed E-state index contributed by atoms with van der Waals surface area (Å²) in [5.41, 5.74) is 7.89. The van der Waals surface area contributed by atoms with Crippen LogP contribution in [0.1, 0.15) is 22.6 Å². The molecule has 3 nitrogen and oxygen atoms in total. The number of rotatable bonds is 2. The maximum atomic E-state index is 13.7. The number of anilines is 1. The molecule has 18 heavy (non-hydrogen) atoms. The molecule has 0 unspecified atom stereocenters. The van der Waals surface area contributed by atoms with E-state index in [9.17, 15) is 4.39 Å². The summed E-state index contributed by atoms with van der Waals surface area (Å²) in [6, 6.07) is 4.87. The van der Waals surface area contributed by atoms with Crippen LogP contribution in [-0.2, 0) is 6.42 Å².